The number of esters is 1. The molecule has 0 aliphatic carbocycles. The van der Waals surface area contributed by atoms with Gasteiger partial charge in [0.05, 0.1) is 6.61 Å². The van der Waals surface area contributed by atoms with Crippen LogP contribution >= 0.6 is 22.6 Å². The molecule has 1 unspecified atom stereocenters. The number of fused-ring (bicyclic) bond motifs is 1. The van der Waals surface area contributed by atoms with Crippen molar-refractivity contribution in [3.63, 3.8) is 0 Å². The molecule has 0 fully saturated rings. The summed E-state index contributed by atoms with van der Waals surface area (Å²) in [5.74, 6) is -0.126. The predicted octanol–water partition coefficient (Wildman–Crippen LogP) is 4.14. The Balaban J connectivity index is 1.93. The van der Waals surface area contributed by atoms with Crippen molar-refractivity contribution >= 4 is 39.3 Å². The van der Waals surface area contributed by atoms with Gasteiger partial charge in [0, 0.05) is 0 Å². The van der Waals surface area contributed by atoms with Crippen LogP contribution in [0.5, 0.6) is 0 Å². The van der Waals surface area contributed by atoms with Gasteiger partial charge in [-0.3, -0.25) is 4.79 Å². The van der Waals surface area contributed by atoms with E-state index in [9.17, 15) is 4.79 Å². The fraction of sp³-hybridized carbons (Fsp3) is 0.312. The van der Waals surface area contributed by atoms with Gasteiger partial charge in [-0.15, -0.1) is 0 Å². The summed E-state index contributed by atoms with van der Waals surface area (Å²) < 4.78 is 5.12. The zero-order valence-electron chi connectivity index (χ0n) is 10.9. The Morgan fingerprint density at radius 3 is 2.74 bits per heavy atom. The lowest BCUT2D eigenvalue weighted by molar-refractivity contribution is -0.142. The molecule has 19 heavy (non-hydrogen) atoms. The Labute approximate surface area is 127 Å². The molecule has 2 aromatic carbocycles. The number of hydrogen-bond donors (Lipinski definition) is 0. The predicted molar refractivity (Wildman–Crippen MR) is 86.7 cm³/mol. The Hall–Kier alpha value is -1.10. The van der Waals surface area contributed by atoms with Crippen LogP contribution in [-0.2, 0) is 16.0 Å². The zero-order valence-corrected chi connectivity index (χ0v) is 13.1. The third-order valence-electron chi connectivity index (χ3n) is 3.04. The molecule has 2 rings (SSSR count). The molecule has 0 N–H and O–H groups in total. The number of aryl methyl sites for hydroxylation is 1. The minimum atomic E-state index is -0.126. The number of halogens is 1. The normalized spacial score (nSPS) is 12.3. The summed E-state index contributed by atoms with van der Waals surface area (Å²) in [5.41, 5.74) is 1.32. The van der Waals surface area contributed by atoms with Gasteiger partial charge in [0.15, 0.2) is 0 Å². The highest BCUT2D eigenvalue weighted by Gasteiger charge is 2.09. The molecule has 1 atom stereocenters. The molecule has 3 heteroatoms. The van der Waals surface area contributed by atoms with E-state index in [0.717, 1.165) is 12.8 Å². The summed E-state index contributed by atoms with van der Waals surface area (Å²) in [5, 5.41) is 2.55. The number of carbonyl (C=O) groups excluding carboxylic acids is 1. The number of alkyl halides is 1. The second kappa shape index (κ2) is 6.89. The number of rotatable bonds is 5. The van der Waals surface area contributed by atoms with Crippen molar-refractivity contribution in [3.8, 4) is 0 Å². The molecule has 2 aromatic rings. The van der Waals surface area contributed by atoms with Gasteiger partial charge < -0.3 is 4.74 Å². The van der Waals surface area contributed by atoms with Gasteiger partial charge in [0.2, 0.25) is 0 Å². The highest BCUT2D eigenvalue weighted by Crippen LogP contribution is 2.19. The smallest absolute Gasteiger partial charge is 0.318 e. The summed E-state index contributed by atoms with van der Waals surface area (Å²) in [6.07, 6.45) is 1.80. The molecular formula is C16H17IO2. The average molecular weight is 368 g/mol. The lowest BCUT2D eigenvalue weighted by atomic mass is 10.0. The van der Waals surface area contributed by atoms with Crippen LogP contribution in [0.25, 0.3) is 10.8 Å². The lowest BCUT2D eigenvalue weighted by Gasteiger charge is -2.08. The van der Waals surface area contributed by atoms with E-state index in [1.54, 1.807) is 0 Å². The van der Waals surface area contributed by atoms with Gasteiger partial charge in [-0.2, -0.15) is 0 Å². The molecule has 0 radical (unpaired) electrons. The zero-order chi connectivity index (χ0) is 13.7. The van der Waals surface area contributed by atoms with E-state index >= 15 is 0 Å². The summed E-state index contributed by atoms with van der Waals surface area (Å²) in [6.45, 7) is 2.34. The van der Waals surface area contributed by atoms with Crippen molar-refractivity contribution in [3.05, 3.63) is 48.0 Å². The van der Waals surface area contributed by atoms with E-state index < -0.39 is 0 Å². The molecule has 0 saturated carbocycles. The molecule has 0 heterocycles. The van der Waals surface area contributed by atoms with E-state index in [0.29, 0.717) is 6.61 Å². The Morgan fingerprint density at radius 2 is 1.95 bits per heavy atom. The minimum absolute atomic E-state index is 0.0739. The Bertz CT molecular complexity index is 558. The van der Waals surface area contributed by atoms with E-state index in [2.05, 4.69) is 65.1 Å². The van der Waals surface area contributed by atoms with Crippen molar-refractivity contribution in [2.45, 2.75) is 23.7 Å². The number of hydrogen-bond acceptors (Lipinski definition) is 2. The maximum Gasteiger partial charge on any atom is 0.318 e. The summed E-state index contributed by atoms with van der Waals surface area (Å²) in [7, 11) is 0. The van der Waals surface area contributed by atoms with Crippen molar-refractivity contribution in [1.29, 1.82) is 0 Å². The van der Waals surface area contributed by atoms with Crippen LogP contribution in [0.4, 0.5) is 0 Å². The fourth-order valence-corrected chi connectivity index (χ4v) is 2.24. The third-order valence-corrected chi connectivity index (χ3v) is 3.55. The largest absolute Gasteiger partial charge is 0.465 e. The molecule has 0 saturated heterocycles. The van der Waals surface area contributed by atoms with E-state index in [4.69, 9.17) is 4.74 Å². The van der Waals surface area contributed by atoms with Crippen LogP contribution in [-0.4, -0.2) is 16.5 Å². The van der Waals surface area contributed by atoms with E-state index in [-0.39, 0.29) is 9.89 Å². The third kappa shape index (κ3) is 3.93. The van der Waals surface area contributed by atoms with Crippen molar-refractivity contribution in [2.75, 3.05) is 6.61 Å². The molecule has 0 amide bonds. The van der Waals surface area contributed by atoms with Gasteiger partial charge in [-0.25, -0.2) is 0 Å². The van der Waals surface area contributed by atoms with E-state index in [1.807, 2.05) is 6.92 Å². The summed E-state index contributed by atoms with van der Waals surface area (Å²) in [6, 6.07) is 14.7. The van der Waals surface area contributed by atoms with Gasteiger partial charge in [-0.05, 0) is 36.1 Å². The van der Waals surface area contributed by atoms with Gasteiger partial charge in [-0.1, -0.05) is 65.1 Å². The lowest BCUT2D eigenvalue weighted by Crippen LogP contribution is -2.14. The first-order chi connectivity index (χ1) is 9.18. The topological polar surface area (TPSA) is 26.3 Å². The Morgan fingerprint density at radius 1 is 1.21 bits per heavy atom. The summed E-state index contributed by atoms with van der Waals surface area (Å²) in [4.78, 5) is 11.3. The maximum absolute atomic E-state index is 11.3. The first-order valence-corrected chi connectivity index (χ1v) is 7.70. The summed E-state index contributed by atoms with van der Waals surface area (Å²) >= 11 is 2.07. The number of ether oxygens (including phenoxy) is 1. The minimum Gasteiger partial charge on any atom is -0.465 e. The van der Waals surface area contributed by atoms with Crippen LogP contribution in [0.2, 0.25) is 0 Å². The maximum atomic E-state index is 11.3. The molecular weight excluding hydrogens is 351 g/mol. The van der Waals surface area contributed by atoms with Gasteiger partial charge >= 0.3 is 5.97 Å². The molecule has 0 bridgehead atoms. The van der Waals surface area contributed by atoms with Crippen LogP contribution in [0.3, 0.4) is 0 Å². The molecule has 0 aliphatic heterocycles. The SMILES string of the molecule is CC(I)C(=O)OCCCc1cccc2ccccc12. The molecule has 0 aliphatic rings. The van der Waals surface area contributed by atoms with Crippen molar-refractivity contribution < 1.29 is 9.53 Å². The second-order valence-electron chi connectivity index (χ2n) is 4.53. The average Bonchev–Trinajstić information content (AvgIpc) is 2.43. The fourth-order valence-electron chi connectivity index (χ4n) is 2.06. The Kier molecular flexibility index (Phi) is 5.19. The molecule has 0 spiro atoms. The van der Waals surface area contributed by atoms with Gasteiger partial charge in [0.1, 0.15) is 3.92 Å². The first-order valence-electron chi connectivity index (χ1n) is 6.46. The van der Waals surface area contributed by atoms with Crippen LogP contribution in [0, 0.1) is 0 Å². The van der Waals surface area contributed by atoms with Gasteiger partial charge in [0.25, 0.3) is 0 Å². The molecule has 100 valence electrons. The quantitative estimate of drug-likeness (QED) is 0.343. The monoisotopic (exact) mass is 368 g/mol. The molecule has 0 aromatic heterocycles. The van der Waals surface area contributed by atoms with Crippen molar-refractivity contribution in [2.24, 2.45) is 0 Å². The first kappa shape index (κ1) is 14.3. The molecule has 2 nitrogen and oxygen atoms in total. The van der Waals surface area contributed by atoms with Crippen LogP contribution in [0.15, 0.2) is 42.5 Å². The number of benzene rings is 2. The standard InChI is InChI=1S/C16H17IO2/c1-12(17)16(18)19-11-5-9-14-8-4-7-13-6-2-3-10-15(13)14/h2-4,6-8,10,12H,5,9,11H2,1H3. The highest BCUT2D eigenvalue weighted by atomic mass is 127. The van der Waals surface area contributed by atoms with Crippen molar-refractivity contribution in [1.82, 2.24) is 0 Å². The van der Waals surface area contributed by atoms with E-state index in [1.165, 1.54) is 16.3 Å². The highest BCUT2D eigenvalue weighted by molar-refractivity contribution is 14.1. The number of carbonyl (C=O) groups is 1. The van der Waals surface area contributed by atoms with Crippen LogP contribution in [0.1, 0.15) is 18.9 Å². The van der Waals surface area contributed by atoms with Crippen LogP contribution < -0.4 is 0 Å². The second-order valence-corrected chi connectivity index (χ2v) is 6.39.